The quantitative estimate of drug-likeness (QED) is 0.383. The Labute approximate surface area is 190 Å². The van der Waals surface area contributed by atoms with Gasteiger partial charge in [0.1, 0.15) is 28.7 Å². The molecule has 0 atom stereocenters. The van der Waals surface area contributed by atoms with Gasteiger partial charge in [0, 0.05) is 48.3 Å². The molecule has 0 spiro atoms. The summed E-state index contributed by atoms with van der Waals surface area (Å²) < 4.78 is 27.2. The molecule has 2 N–H and O–H groups in total. The highest BCUT2D eigenvalue weighted by atomic mass is 16.5. The maximum Gasteiger partial charge on any atom is 0.246 e. The van der Waals surface area contributed by atoms with Crippen molar-refractivity contribution in [2.45, 2.75) is 0 Å². The number of methoxy groups -OCH3 is 4. The van der Waals surface area contributed by atoms with E-state index < -0.39 is 0 Å². The number of anilines is 2. The van der Waals surface area contributed by atoms with Gasteiger partial charge in [0.2, 0.25) is 11.8 Å². The first-order chi connectivity index (χ1) is 16.1. The molecule has 0 unspecified atom stereocenters. The molecule has 2 heterocycles. The average Bonchev–Trinajstić information content (AvgIpc) is 3.31. The molecule has 0 bridgehead atoms. The zero-order chi connectivity index (χ0) is 23.2. The van der Waals surface area contributed by atoms with Crippen LogP contribution in [0.4, 0.5) is 11.6 Å². The first kappa shape index (κ1) is 21.8. The number of aromatic amines is 1. The van der Waals surface area contributed by atoms with Gasteiger partial charge in [-0.2, -0.15) is 4.98 Å². The van der Waals surface area contributed by atoms with Gasteiger partial charge in [-0.25, -0.2) is 4.98 Å². The maximum absolute atomic E-state index is 6.02. The standard InChI is InChI=1S/C23H23N5O5/c1-29-15-8-14(9-16(10-15)30-2)25-23-26-21(27-28-23)20-6-5-7-24-22(20)33-19-12-17(31-3)11-18(13-19)32-4/h5-13H,1-4H3,(H2,25,26,27,28). The highest BCUT2D eigenvalue weighted by molar-refractivity contribution is 5.65. The lowest BCUT2D eigenvalue weighted by Crippen LogP contribution is -1.96. The van der Waals surface area contributed by atoms with Crippen LogP contribution in [0.25, 0.3) is 11.4 Å². The third-order valence-electron chi connectivity index (χ3n) is 4.66. The van der Waals surface area contributed by atoms with Crippen molar-refractivity contribution in [3.05, 3.63) is 54.7 Å². The monoisotopic (exact) mass is 449 g/mol. The molecule has 0 aliphatic carbocycles. The van der Waals surface area contributed by atoms with Gasteiger partial charge in [-0.15, -0.1) is 5.10 Å². The van der Waals surface area contributed by atoms with E-state index in [4.69, 9.17) is 23.7 Å². The highest BCUT2D eigenvalue weighted by Gasteiger charge is 2.15. The zero-order valence-corrected chi connectivity index (χ0v) is 18.6. The van der Waals surface area contributed by atoms with Crippen molar-refractivity contribution in [3.8, 4) is 46.0 Å². The first-order valence-corrected chi connectivity index (χ1v) is 9.90. The fourth-order valence-corrected chi connectivity index (χ4v) is 3.05. The molecule has 0 saturated heterocycles. The SMILES string of the molecule is COc1cc(Nc2n[nH]c(-c3cccnc3Oc3cc(OC)cc(OC)c3)n2)cc(OC)c1. The summed E-state index contributed by atoms with van der Waals surface area (Å²) in [7, 11) is 6.33. The molecule has 0 saturated carbocycles. The van der Waals surface area contributed by atoms with Crippen molar-refractivity contribution >= 4 is 11.6 Å². The number of hydrogen-bond donors (Lipinski definition) is 2. The Morgan fingerprint density at radius 2 is 1.33 bits per heavy atom. The van der Waals surface area contributed by atoms with E-state index in [0.717, 1.165) is 0 Å². The molecule has 33 heavy (non-hydrogen) atoms. The Morgan fingerprint density at radius 1 is 0.758 bits per heavy atom. The molecule has 2 aromatic carbocycles. The number of nitrogens with zero attached hydrogens (tertiary/aromatic N) is 3. The van der Waals surface area contributed by atoms with Crippen LogP contribution < -0.4 is 29.0 Å². The molecule has 0 radical (unpaired) electrons. The lowest BCUT2D eigenvalue weighted by atomic mass is 10.2. The second-order valence-corrected chi connectivity index (χ2v) is 6.74. The van der Waals surface area contributed by atoms with Crippen molar-refractivity contribution in [1.82, 2.24) is 20.2 Å². The van der Waals surface area contributed by atoms with E-state index in [-0.39, 0.29) is 0 Å². The number of hydrogen-bond acceptors (Lipinski definition) is 9. The summed E-state index contributed by atoms with van der Waals surface area (Å²) >= 11 is 0. The molecule has 4 aromatic rings. The van der Waals surface area contributed by atoms with Crippen LogP contribution in [-0.2, 0) is 0 Å². The minimum absolute atomic E-state index is 0.346. The van der Waals surface area contributed by atoms with Crippen molar-refractivity contribution in [3.63, 3.8) is 0 Å². The normalized spacial score (nSPS) is 10.4. The summed E-state index contributed by atoms with van der Waals surface area (Å²) in [5.41, 5.74) is 1.34. The van der Waals surface area contributed by atoms with Crippen LogP contribution in [0.1, 0.15) is 0 Å². The van der Waals surface area contributed by atoms with E-state index in [9.17, 15) is 0 Å². The molecule has 0 aliphatic heterocycles. The van der Waals surface area contributed by atoms with Gasteiger partial charge in [0.15, 0.2) is 5.82 Å². The van der Waals surface area contributed by atoms with Crippen LogP contribution in [-0.4, -0.2) is 48.6 Å². The van der Waals surface area contributed by atoms with Gasteiger partial charge >= 0.3 is 0 Å². The van der Waals surface area contributed by atoms with Gasteiger partial charge in [-0.1, -0.05) is 0 Å². The summed E-state index contributed by atoms with van der Waals surface area (Å²) in [6.45, 7) is 0. The lowest BCUT2D eigenvalue weighted by molar-refractivity contribution is 0.385. The summed E-state index contributed by atoms with van der Waals surface area (Å²) in [5.74, 6) is 4.17. The topological polar surface area (TPSA) is 113 Å². The summed E-state index contributed by atoms with van der Waals surface area (Å²) in [6.07, 6.45) is 1.63. The van der Waals surface area contributed by atoms with Gasteiger partial charge in [0.05, 0.1) is 34.0 Å². The second kappa shape index (κ2) is 9.77. The van der Waals surface area contributed by atoms with E-state index in [1.165, 1.54) is 0 Å². The molecule has 2 aromatic heterocycles. The predicted molar refractivity (Wildman–Crippen MR) is 122 cm³/mol. The minimum Gasteiger partial charge on any atom is -0.497 e. The van der Waals surface area contributed by atoms with Crippen molar-refractivity contribution in [1.29, 1.82) is 0 Å². The van der Waals surface area contributed by atoms with Crippen molar-refractivity contribution < 1.29 is 23.7 Å². The molecular weight excluding hydrogens is 426 g/mol. The van der Waals surface area contributed by atoms with Crippen LogP contribution in [0.2, 0.25) is 0 Å². The lowest BCUT2D eigenvalue weighted by Gasteiger charge is -2.11. The smallest absolute Gasteiger partial charge is 0.246 e. The maximum atomic E-state index is 6.02. The third kappa shape index (κ3) is 5.06. The molecule has 170 valence electrons. The molecule has 10 heteroatoms. The van der Waals surface area contributed by atoms with Crippen LogP contribution in [0.15, 0.2) is 54.7 Å². The van der Waals surface area contributed by atoms with Gasteiger partial charge in [0.25, 0.3) is 0 Å². The van der Waals surface area contributed by atoms with Crippen LogP contribution in [0.3, 0.4) is 0 Å². The number of rotatable bonds is 9. The fourth-order valence-electron chi connectivity index (χ4n) is 3.05. The van der Waals surface area contributed by atoms with E-state index >= 15 is 0 Å². The number of aromatic nitrogens is 4. The Kier molecular flexibility index (Phi) is 6.44. The minimum atomic E-state index is 0.346. The van der Waals surface area contributed by atoms with Gasteiger partial charge in [-0.05, 0) is 12.1 Å². The van der Waals surface area contributed by atoms with E-state index in [1.54, 1.807) is 65.0 Å². The number of H-pyrrole nitrogens is 1. The van der Waals surface area contributed by atoms with E-state index in [2.05, 4.69) is 25.5 Å². The van der Waals surface area contributed by atoms with E-state index in [0.29, 0.717) is 57.7 Å². The number of nitrogens with one attached hydrogen (secondary N) is 2. The fraction of sp³-hybridized carbons (Fsp3) is 0.174. The molecule has 0 aliphatic rings. The average molecular weight is 449 g/mol. The molecule has 0 amide bonds. The molecule has 4 rings (SSSR count). The van der Waals surface area contributed by atoms with Crippen LogP contribution >= 0.6 is 0 Å². The summed E-state index contributed by atoms with van der Waals surface area (Å²) in [6, 6.07) is 14.3. The van der Waals surface area contributed by atoms with Crippen LogP contribution in [0, 0.1) is 0 Å². The number of benzene rings is 2. The molecule has 10 nitrogen and oxygen atoms in total. The Bertz CT molecular complexity index is 1200. The summed E-state index contributed by atoms with van der Waals surface area (Å²) in [5, 5.41) is 10.3. The molecule has 0 fully saturated rings. The van der Waals surface area contributed by atoms with Crippen molar-refractivity contribution in [2.24, 2.45) is 0 Å². The Hall–Kier alpha value is -4.47. The predicted octanol–water partition coefficient (Wildman–Crippen LogP) is 4.44. The van der Waals surface area contributed by atoms with Crippen LogP contribution in [0.5, 0.6) is 34.6 Å². The largest absolute Gasteiger partial charge is 0.497 e. The number of pyridine rings is 1. The van der Waals surface area contributed by atoms with Gasteiger partial charge in [-0.3, -0.25) is 5.10 Å². The summed E-state index contributed by atoms with van der Waals surface area (Å²) in [4.78, 5) is 8.88. The van der Waals surface area contributed by atoms with E-state index in [1.807, 2.05) is 18.2 Å². The molecular formula is C23H23N5O5. The Morgan fingerprint density at radius 3 is 1.94 bits per heavy atom. The first-order valence-electron chi connectivity index (χ1n) is 9.90. The van der Waals surface area contributed by atoms with Crippen molar-refractivity contribution in [2.75, 3.05) is 33.8 Å². The highest BCUT2D eigenvalue weighted by Crippen LogP contribution is 2.34. The zero-order valence-electron chi connectivity index (χ0n) is 18.6. The Balaban J connectivity index is 1.60. The number of ether oxygens (including phenoxy) is 5. The third-order valence-corrected chi connectivity index (χ3v) is 4.66. The second-order valence-electron chi connectivity index (χ2n) is 6.74. The van der Waals surface area contributed by atoms with Gasteiger partial charge < -0.3 is 29.0 Å².